The predicted molar refractivity (Wildman–Crippen MR) is 81.3 cm³/mol. The van der Waals surface area contributed by atoms with E-state index in [9.17, 15) is 0 Å². The molecule has 2 aromatic carbocycles. The molecule has 0 aliphatic heterocycles. The summed E-state index contributed by atoms with van der Waals surface area (Å²) in [5, 5.41) is 15.6. The van der Waals surface area contributed by atoms with E-state index >= 15 is 0 Å². The standard InChI is InChI=1S/C14H13N5.ClH/c15-14(16)11-7-5-10(6-8-11)9-19-13-4-2-1-3-12(13)17-18-19;/h1-8H,9H2,(H3,15,16);1H. The summed E-state index contributed by atoms with van der Waals surface area (Å²) in [6, 6.07) is 15.5. The van der Waals surface area contributed by atoms with Crippen LogP contribution in [0, 0.1) is 5.41 Å². The molecule has 3 rings (SSSR count). The van der Waals surface area contributed by atoms with E-state index in [0.717, 1.165) is 22.2 Å². The Morgan fingerprint density at radius 2 is 1.80 bits per heavy atom. The first-order valence-corrected chi connectivity index (χ1v) is 5.95. The maximum absolute atomic E-state index is 7.36. The molecule has 20 heavy (non-hydrogen) atoms. The van der Waals surface area contributed by atoms with E-state index in [1.54, 1.807) is 0 Å². The van der Waals surface area contributed by atoms with Gasteiger partial charge < -0.3 is 5.73 Å². The third-order valence-corrected chi connectivity index (χ3v) is 3.02. The van der Waals surface area contributed by atoms with Gasteiger partial charge in [-0.3, -0.25) is 5.41 Å². The maximum atomic E-state index is 7.36. The number of halogens is 1. The fraction of sp³-hybridized carbons (Fsp3) is 0.0714. The summed E-state index contributed by atoms with van der Waals surface area (Å²) in [5.41, 5.74) is 9.16. The Hall–Kier alpha value is -2.40. The molecule has 0 atom stereocenters. The number of hydrogen-bond acceptors (Lipinski definition) is 3. The molecule has 0 aliphatic carbocycles. The van der Waals surface area contributed by atoms with E-state index in [1.807, 2.05) is 53.2 Å². The van der Waals surface area contributed by atoms with Gasteiger partial charge in [0.1, 0.15) is 11.4 Å². The Kier molecular flexibility index (Phi) is 4.00. The summed E-state index contributed by atoms with van der Waals surface area (Å²) in [4.78, 5) is 0. The van der Waals surface area contributed by atoms with Gasteiger partial charge >= 0.3 is 0 Å². The Bertz CT molecular complexity index is 733. The average Bonchev–Trinajstić information content (AvgIpc) is 2.83. The highest BCUT2D eigenvalue weighted by atomic mass is 35.5. The zero-order valence-corrected chi connectivity index (χ0v) is 11.5. The van der Waals surface area contributed by atoms with Crippen LogP contribution in [-0.2, 0) is 6.54 Å². The Morgan fingerprint density at radius 3 is 2.50 bits per heavy atom. The molecule has 3 N–H and O–H groups in total. The minimum atomic E-state index is 0. The molecular weight excluding hydrogens is 274 g/mol. The normalized spacial score (nSPS) is 10.2. The molecule has 0 radical (unpaired) electrons. The number of hydrogen-bond donors (Lipinski definition) is 2. The van der Waals surface area contributed by atoms with Gasteiger partial charge in [0.2, 0.25) is 0 Å². The number of amidine groups is 1. The number of nitrogen functional groups attached to an aromatic ring is 1. The summed E-state index contributed by atoms with van der Waals surface area (Å²) in [7, 11) is 0. The lowest BCUT2D eigenvalue weighted by Crippen LogP contribution is -2.11. The Labute approximate surface area is 122 Å². The molecule has 0 aliphatic rings. The predicted octanol–water partition coefficient (Wildman–Crippen LogP) is 2.19. The van der Waals surface area contributed by atoms with Crippen molar-refractivity contribution in [2.75, 3.05) is 0 Å². The molecule has 0 amide bonds. The first-order valence-electron chi connectivity index (χ1n) is 5.95. The lowest BCUT2D eigenvalue weighted by atomic mass is 10.1. The minimum Gasteiger partial charge on any atom is -0.384 e. The van der Waals surface area contributed by atoms with Gasteiger partial charge in [-0.05, 0) is 17.7 Å². The number of aromatic nitrogens is 3. The van der Waals surface area contributed by atoms with Crippen LogP contribution in [-0.4, -0.2) is 20.8 Å². The van der Waals surface area contributed by atoms with Gasteiger partial charge in [0.25, 0.3) is 0 Å². The van der Waals surface area contributed by atoms with Crippen molar-refractivity contribution in [2.45, 2.75) is 6.54 Å². The van der Waals surface area contributed by atoms with Crippen molar-refractivity contribution in [3.8, 4) is 0 Å². The molecule has 1 heterocycles. The Morgan fingerprint density at radius 1 is 1.10 bits per heavy atom. The monoisotopic (exact) mass is 287 g/mol. The fourth-order valence-corrected chi connectivity index (χ4v) is 2.00. The smallest absolute Gasteiger partial charge is 0.122 e. The number of fused-ring (bicyclic) bond motifs is 1. The van der Waals surface area contributed by atoms with Crippen molar-refractivity contribution >= 4 is 29.3 Å². The zero-order chi connectivity index (χ0) is 13.2. The van der Waals surface area contributed by atoms with Crippen molar-refractivity contribution in [1.29, 1.82) is 5.41 Å². The summed E-state index contributed by atoms with van der Waals surface area (Å²) in [5.74, 6) is 0.0813. The second-order valence-electron chi connectivity index (χ2n) is 4.35. The lowest BCUT2D eigenvalue weighted by Gasteiger charge is -2.04. The summed E-state index contributed by atoms with van der Waals surface area (Å²) >= 11 is 0. The van der Waals surface area contributed by atoms with Crippen LogP contribution in [0.1, 0.15) is 11.1 Å². The van der Waals surface area contributed by atoms with E-state index in [0.29, 0.717) is 6.54 Å². The molecule has 0 saturated heterocycles. The van der Waals surface area contributed by atoms with E-state index in [2.05, 4.69) is 10.3 Å². The van der Waals surface area contributed by atoms with Crippen molar-refractivity contribution in [2.24, 2.45) is 5.73 Å². The van der Waals surface area contributed by atoms with Crippen molar-refractivity contribution in [3.05, 3.63) is 59.7 Å². The van der Waals surface area contributed by atoms with Crippen molar-refractivity contribution in [1.82, 2.24) is 15.0 Å². The van der Waals surface area contributed by atoms with Gasteiger partial charge in [0, 0.05) is 5.56 Å². The molecule has 0 fully saturated rings. The van der Waals surface area contributed by atoms with Crippen molar-refractivity contribution < 1.29 is 0 Å². The largest absolute Gasteiger partial charge is 0.384 e. The van der Waals surface area contributed by atoms with Crippen LogP contribution in [0.5, 0.6) is 0 Å². The summed E-state index contributed by atoms with van der Waals surface area (Å²) in [6.07, 6.45) is 0. The Balaban J connectivity index is 0.00000147. The SMILES string of the molecule is Cl.N=C(N)c1ccc(Cn2nnc3ccccc32)cc1. The average molecular weight is 288 g/mol. The van der Waals surface area contributed by atoms with Gasteiger partial charge in [-0.15, -0.1) is 17.5 Å². The van der Waals surface area contributed by atoms with Crippen LogP contribution in [0.2, 0.25) is 0 Å². The second-order valence-corrected chi connectivity index (χ2v) is 4.35. The molecular formula is C14H14ClN5. The summed E-state index contributed by atoms with van der Waals surface area (Å²) < 4.78 is 1.86. The first-order chi connectivity index (χ1) is 9.24. The van der Waals surface area contributed by atoms with Crippen LogP contribution >= 0.6 is 12.4 Å². The fourth-order valence-electron chi connectivity index (χ4n) is 2.00. The first kappa shape index (κ1) is 14.0. The van der Waals surface area contributed by atoms with Crippen LogP contribution in [0.15, 0.2) is 48.5 Å². The van der Waals surface area contributed by atoms with E-state index in [4.69, 9.17) is 11.1 Å². The highest BCUT2D eigenvalue weighted by Gasteiger charge is 2.04. The zero-order valence-electron chi connectivity index (χ0n) is 10.7. The van der Waals surface area contributed by atoms with Gasteiger partial charge in [-0.2, -0.15) is 0 Å². The second kappa shape index (κ2) is 5.71. The van der Waals surface area contributed by atoms with Crippen LogP contribution in [0.3, 0.4) is 0 Å². The van der Waals surface area contributed by atoms with Gasteiger partial charge in [0.15, 0.2) is 0 Å². The molecule has 0 saturated carbocycles. The molecule has 1 aromatic heterocycles. The van der Waals surface area contributed by atoms with Crippen molar-refractivity contribution in [3.63, 3.8) is 0 Å². The van der Waals surface area contributed by atoms with E-state index < -0.39 is 0 Å². The molecule has 5 nitrogen and oxygen atoms in total. The van der Waals surface area contributed by atoms with Crippen LogP contribution in [0.25, 0.3) is 11.0 Å². The number of nitrogens with two attached hydrogens (primary N) is 1. The molecule has 102 valence electrons. The molecule has 0 spiro atoms. The van der Waals surface area contributed by atoms with E-state index in [-0.39, 0.29) is 18.2 Å². The lowest BCUT2D eigenvalue weighted by molar-refractivity contribution is 0.670. The molecule has 3 aromatic rings. The number of nitrogens with one attached hydrogen (secondary N) is 1. The van der Waals surface area contributed by atoms with E-state index in [1.165, 1.54) is 0 Å². The third-order valence-electron chi connectivity index (χ3n) is 3.02. The summed E-state index contributed by atoms with van der Waals surface area (Å²) in [6.45, 7) is 0.651. The highest BCUT2D eigenvalue weighted by molar-refractivity contribution is 5.94. The van der Waals surface area contributed by atoms with Crippen LogP contribution in [0.4, 0.5) is 0 Å². The minimum absolute atomic E-state index is 0. The quantitative estimate of drug-likeness (QED) is 0.572. The third kappa shape index (κ3) is 2.62. The van der Waals surface area contributed by atoms with Gasteiger partial charge in [-0.1, -0.05) is 41.6 Å². The van der Waals surface area contributed by atoms with Crippen LogP contribution < -0.4 is 5.73 Å². The maximum Gasteiger partial charge on any atom is 0.122 e. The number of nitrogens with zero attached hydrogens (tertiary/aromatic N) is 3. The molecule has 6 heteroatoms. The number of benzene rings is 2. The molecule has 0 unspecified atom stereocenters. The number of para-hydroxylation sites is 1. The topological polar surface area (TPSA) is 80.6 Å². The van der Waals surface area contributed by atoms with Gasteiger partial charge in [-0.25, -0.2) is 4.68 Å². The van der Waals surface area contributed by atoms with Gasteiger partial charge in [0.05, 0.1) is 12.1 Å². The molecule has 0 bridgehead atoms. The number of rotatable bonds is 3. The highest BCUT2D eigenvalue weighted by Crippen LogP contribution is 2.12.